The van der Waals surface area contributed by atoms with Crippen LogP contribution in [0.2, 0.25) is 0 Å². The molecule has 1 fully saturated rings. The van der Waals surface area contributed by atoms with Gasteiger partial charge in [0.25, 0.3) is 5.92 Å². The second-order valence-corrected chi connectivity index (χ2v) is 6.16. The Morgan fingerprint density at radius 2 is 2.26 bits per heavy atom. The number of carbonyl (C=O) groups is 1. The van der Waals surface area contributed by atoms with E-state index in [0.29, 0.717) is 0 Å². The maximum atomic E-state index is 13.1. The summed E-state index contributed by atoms with van der Waals surface area (Å²) in [7, 11) is 0. The summed E-state index contributed by atoms with van der Waals surface area (Å²) < 4.78 is 32.2. The Bertz CT molecular complexity index is 564. The predicted molar refractivity (Wildman–Crippen MR) is 84.8 cm³/mol. The first-order valence-electron chi connectivity index (χ1n) is 7.96. The van der Waals surface area contributed by atoms with Crippen molar-refractivity contribution in [2.75, 3.05) is 6.54 Å². The Morgan fingerprint density at radius 3 is 2.87 bits per heavy atom. The summed E-state index contributed by atoms with van der Waals surface area (Å²) in [5, 5.41) is 5.27. The minimum atomic E-state index is -2.81. The molecular formula is C17H24F2N2O2. The Labute approximate surface area is 135 Å². The average molecular weight is 326 g/mol. The molecule has 0 saturated carbocycles. The third kappa shape index (κ3) is 4.89. The quantitative estimate of drug-likeness (QED) is 0.845. The zero-order valence-electron chi connectivity index (χ0n) is 13.8. The molecule has 0 bridgehead atoms. The zero-order valence-corrected chi connectivity index (χ0v) is 13.8. The molecule has 23 heavy (non-hydrogen) atoms. The topological polar surface area (TPSA) is 50.4 Å². The molecule has 6 heteroatoms. The molecule has 1 aromatic rings. The highest BCUT2D eigenvalue weighted by molar-refractivity contribution is 5.82. The molecule has 1 aliphatic rings. The van der Waals surface area contributed by atoms with Crippen LogP contribution in [0.15, 0.2) is 18.2 Å². The average Bonchev–Trinajstić information content (AvgIpc) is 2.86. The molecular weight excluding hydrogens is 302 g/mol. The number of aryl methyl sites for hydroxylation is 1. The lowest BCUT2D eigenvalue weighted by Gasteiger charge is -2.18. The van der Waals surface area contributed by atoms with Gasteiger partial charge in [-0.25, -0.2) is 8.78 Å². The minimum Gasteiger partial charge on any atom is -0.490 e. The first-order chi connectivity index (χ1) is 10.8. The molecule has 1 heterocycles. The maximum Gasteiger partial charge on any atom is 0.262 e. The van der Waals surface area contributed by atoms with Gasteiger partial charge in [-0.05, 0) is 31.9 Å². The molecule has 1 saturated heterocycles. The predicted octanol–water partition coefficient (Wildman–Crippen LogP) is 2.79. The molecule has 4 nitrogen and oxygen atoms in total. The first kappa shape index (κ1) is 17.7. The van der Waals surface area contributed by atoms with Crippen LogP contribution in [0.1, 0.15) is 37.8 Å². The highest BCUT2D eigenvalue weighted by atomic mass is 19.3. The SMILES string of the molecule is CCC(C)Oc1cc(C)ccc1CNC(=O)C1CC(F)(F)CN1. The third-order valence-electron chi connectivity index (χ3n) is 4.01. The Balaban J connectivity index is 1.98. The fraction of sp³-hybridized carbons (Fsp3) is 0.588. The van der Waals surface area contributed by atoms with Gasteiger partial charge in [0, 0.05) is 18.5 Å². The number of rotatable bonds is 6. The van der Waals surface area contributed by atoms with Gasteiger partial charge in [-0.3, -0.25) is 10.1 Å². The van der Waals surface area contributed by atoms with Gasteiger partial charge in [0.05, 0.1) is 18.7 Å². The molecule has 128 valence electrons. The van der Waals surface area contributed by atoms with Crippen molar-refractivity contribution < 1.29 is 18.3 Å². The van der Waals surface area contributed by atoms with Gasteiger partial charge in [0.1, 0.15) is 5.75 Å². The molecule has 0 spiro atoms. The Hall–Kier alpha value is -1.69. The summed E-state index contributed by atoms with van der Waals surface area (Å²) in [5.74, 6) is -2.49. The van der Waals surface area contributed by atoms with Crippen molar-refractivity contribution in [3.8, 4) is 5.75 Å². The van der Waals surface area contributed by atoms with E-state index in [0.717, 1.165) is 23.3 Å². The molecule has 2 unspecified atom stereocenters. The number of benzene rings is 1. The summed E-state index contributed by atoms with van der Waals surface area (Å²) in [4.78, 5) is 12.0. The summed E-state index contributed by atoms with van der Waals surface area (Å²) in [5.41, 5.74) is 1.91. The van der Waals surface area contributed by atoms with Crippen molar-refractivity contribution in [2.45, 2.75) is 58.2 Å². The lowest BCUT2D eigenvalue weighted by atomic mass is 10.1. The molecule has 1 aliphatic heterocycles. The van der Waals surface area contributed by atoms with E-state index >= 15 is 0 Å². The molecule has 0 radical (unpaired) electrons. The molecule has 0 aliphatic carbocycles. The molecule has 1 amide bonds. The normalized spacial score (nSPS) is 21.0. The Morgan fingerprint density at radius 1 is 1.52 bits per heavy atom. The van der Waals surface area contributed by atoms with Gasteiger partial charge in [-0.1, -0.05) is 19.1 Å². The number of nitrogens with one attached hydrogen (secondary N) is 2. The van der Waals surface area contributed by atoms with Crippen molar-refractivity contribution in [1.29, 1.82) is 0 Å². The fourth-order valence-corrected chi connectivity index (χ4v) is 2.42. The van der Waals surface area contributed by atoms with Gasteiger partial charge in [-0.15, -0.1) is 0 Å². The number of halogens is 2. The van der Waals surface area contributed by atoms with Gasteiger partial charge < -0.3 is 10.1 Å². The van der Waals surface area contributed by atoms with Crippen LogP contribution in [0.25, 0.3) is 0 Å². The van der Waals surface area contributed by atoms with Crippen LogP contribution in [-0.2, 0) is 11.3 Å². The van der Waals surface area contributed by atoms with E-state index in [1.54, 1.807) is 0 Å². The van der Waals surface area contributed by atoms with E-state index in [1.807, 2.05) is 39.0 Å². The fourth-order valence-electron chi connectivity index (χ4n) is 2.42. The number of ether oxygens (including phenoxy) is 1. The largest absolute Gasteiger partial charge is 0.490 e. The van der Waals surface area contributed by atoms with Gasteiger partial charge in [0.2, 0.25) is 5.91 Å². The van der Waals surface area contributed by atoms with Crippen LogP contribution in [0, 0.1) is 6.92 Å². The van der Waals surface area contributed by atoms with E-state index in [4.69, 9.17) is 4.74 Å². The number of hydrogen-bond donors (Lipinski definition) is 2. The molecule has 0 aromatic heterocycles. The van der Waals surface area contributed by atoms with Gasteiger partial charge in [-0.2, -0.15) is 0 Å². The van der Waals surface area contributed by atoms with Crippen LogP contribution in [0.4, 0.5) is 8.78 Å². The van der Waals surface area contributed by atoms with Crippen molar-refractivity contribution in [3.05, 3.63) is 29.3 Å². The lowest BCUT2D eigenvalue weighted by Crippen LogP contribution is -2.40. The minimum absolute atomic E-state index is 0.0708. The number of alkyl halides is 2. The third-order valence-corrected chi connectivity index (χ3v) is 4.01. The lowest BCUT2D eigenvalue weighted by molar-refractivity contribution is -0.123. The van der Waals surface area contributed by atoms with Gasteiger partial charge in [0.15, 0.2) is 0 Å². The van der Waals surface area contributed by atoms with E-state index in [-0.39, 0.29) is 12.6 Å². The summed E-state index contributed by atoms with van der Waals surface area (Å²) in [6.45, 7) is 5.80. The van der Waals surface area contributed by atoms with Crippen molar-refractivity contribution >= 4 is 5.91 Å². The van der Waals surface area contributed by atoms with Crippen LogP contribution < -0.4 is 15.4 Å². The number of hydrogen-bond acceptors (Lipinski definition) is 3. The summed E-state index contributed by atoms with van der Waals surface area (Å²) in [6.07, 6.45) is 0.491. The molecule has 2 atom stereocenters. The second kappa shape index (κ2) is 7.25. The van der Waals surface area contributed by atoms with E-state index in [9.17, 15) is 13.6 Å². The standard InChI is InChI=1S/C17H24F2N2O2/c1-4-12(3)23-15-7-11(2)5-6-13(15)9-20-16(22)14-8-17(18,19)10-21-14/h5-7,12,14,21H,4,8-10H2,1-3H3,(H,20,22). The highest BCUT2D eigenvalue weighted by Gasteiger charge is 2.42. The van der Waals surface area contributed by atoms with E-state index < -0.39 is 30.8 Å². The smallest absolute Gasteiger partial charge is 0.262 e. The van der Waals surface area contributed by atoms with Crippen molar-refractivity contribution in [2.24, 2.45) is 0 Å². The maximum absolute atomic E-state index is 13.1. The number of amides is 1. The zero-order chi connectivity index (χ0) is 17.0. The van der Waals surface area contributed by atoms with Crippen molar-refractivity contribution in [1.82, 2.24) is 10.6 Å². The van der Waals surface area contributed by atoms with Gasteiger partial charge >= 0.3 is 0 Å². The Kier molecular flexibility index (Phi) is 5.57. The summed E-state index contributed by atoms with van der Waals surface area (Å²) >= 11 is 0. The van der Waals surface area contributed by atoms with Crippen LogP contribution in [0.3, 0.4) is 0 Å². The van der Waals surface area contributed by atoms with Crippen LogP contribution in [-0.4, -0.2) is 30.5 Å². The summed E-state index contributed by atoms with van der Waals surface area (Å²) in [6, 6.07) is 4.92. The van der Waals surface area contributed by atoms with E-state index in [1.165, 1.54) is 0 Å². The molecule has 2 N–H and O–H groups in total. The van der Waals surface area contributed by atoms with E-state index in [2.05, 4.69) is 10.6 Å². The van der Waals surface area contributed by atoms with Crippen LogP contribution >= 0.6 is 0 Å². The van der Waals surface area contributed by atoms with Crippen molar-refractivity contribution in [3.63, 3.8) is 0 Å². The monoisotopic (exact) mass is 326 g/mol. The first-order valence-corrected chi connectivity index (χ1v) is 7.96. The molecule has 1 aromatic carbocycles. The highest BCUT2D eigenvalue weighted by Crippen LogP contribution is 2.26. The molecule has 2 rings (SSSR count). The number of carbonyl (C=O) groups excluding carboxylic acids is 1. The van der Waals surface area contributed by atoms with Crippen LogP contribution in [0.5, 0.6) is 5.75 Å². The second-order valence-electron chi connectivity index (χ2n) is 6.16.